The van der Waals surface area contributed by atoms with Crippen molar-refractivity contribution in [2.45, 2.75) is 6.54 Å². The van der Waals surface area contributed by atoms with Gasteiger partial charge in [0, 0.05) is 17.3 Å². The van der Waals surface area contributed by atoms with Crippen LogP contribution in [0.3, 0.4) is 0 Å². The minimum absolute atomic E-state index is 0.160. The molecule has 0 fully saturated rings. The summed E-state index contributed by atoms with van der Waals surface area (Å²) in [4.78, 5) is 4.22. The third kappa shape index (κ3) is 4.28. The van der Waals surface area contributed by atoms with Crippen LogP contribution < -0.4 is 10.6 Å². The Kier molecular flexibility index (Phi) is 5.20. The molecule has 0 amide bonds. The van der Waals surface area contributed by atoms with Crippen molar-refractivity contribution in [2.75, 3.05) is 5.32 Å². The van der Waals surface area contributed by atoms with Crippen molar-refractivity contribution in [3.63, 3.8) is 0 Å². The van der Waals surface area contributed by atoms with E-state index in [9.17, 15) is 8.78 Å². The van der Waals surface area contributed by atoms with Crippen LogP contribution in [0.1, 0.15) is 5.89 Å². The molecule has 0 aliphatic carbocycles. The second kappa shape index (κ2) is 7.54. The normalized spacial score (nSPS) is 10.5. The average Bonchev–Trinajstić information content (AvgIpc) is 3.05. The molecular weight excluding hydrogens is 370 g/mol. The van der Waals surface area contributed by atoms with E-state index >= 15 is 0 Å². The fourth-order valence-electron chi connectivity index (χ4n) is 1.98. The first-order chi connectivity index (χ1) is 12.0. The van der Waals surface area contributed by atoms with E-state index in [1.807, 2.05) is 6.07 Å². The molecule has 2 aromatic carbocycles. The third-order valence-electron chi connectivity index (χ3n) is 3.16. The van der Waals surface area contributed by atoms with Crippen molar-refractivity contribution >= 4 is 34.6 Å². The molecule has 0 bridgehead atoms. The molecule has 3 aromatic rings. The first-order valence-electron chi connectivity index (χ1n) is 7.10. The van der Waals surface area contributed by atoms with Crippen LogP contribution in [0.15, 0.2) is 47.0 Å². The van der Waals surface area contributed by atoms with E-state index in [0.717, 1.165) is 12.1 Å². The van der Waals surface area contributed by atoms with E-state index in [1.54, 1.807) is 18.2 Å². The quantitative estimate of drug-likeness (QED) is 0.663. The van der Waals surface area contributed by atoms with Gasteiger partial charge < -0.3 is 15.2 Å². The number of anilines is 1. The summed E-state index contributed by atoms with van der Waals surface area (Å²) in [5, 5.41) is 10.1. The molecule has 0 atom stereocenters. The zero-order valence-electron chi connectivity index (χ0n) is 12.6. The van der Waals surface area contributed by atoms with Gasteiger partial charge >= 0.3 is 0 Å². The molecule has 0 aliphatic heterocycles. The lowest BCUT2D eigenvalue weighted by molar-refractivity contribution is 0.376. The molecule has 1 heterocycles. The molecule has 25 heavy (non-hydrogen) atoms. The van der Waals surface area contributed by atoms with Crippen molar-refractivity contribution in [2.24, 2.45) is 0 Å². The Morgan fingerprint density at radius 3 is 2.72 bits per heavy atom. The molecule has 5 nitrogen and oxygen atoms in total. The van der Waals surface area contributed by atoms with Crippen LogP contribution in [0.5, 0.6) is 0 Å². The molecule has 3 rings (SSSR count). The third-order valence-corrected chi connectivity index (χ3v) is 3.74. The molecule has 0 radical (unpaired) electrons. The minimum Gasteiger partial charge on any atom is -0.353 e. The number of nitrogens with zero attached hydrogens (tertiary/aromatic N) is 2. The fraction of sp³-hybridized carbons (Fsp3) is 0.0625. The first kappa shape index (κ1) is 17.2. The Bertz CT molecular complexity index is 919. The van der Waals surface area contributed by atoms with Gasteiger partial charge in [0.15, 0.2) is 16.7 Å². The maximum absolute atomic E-state index is 13.2. The maximum Gasteiger partial charge on any atom is 0.246 e. The first-order valence-corrected chi connectivity index (χ1v) is 7.89. The Hall–Kier alpha value is -2.58. The highest BCUT2D eigenvalue weighted by Gasteiger charge is 2.11. The van der Waals surface area contributed by atoms with Gasteiger partial charge in [-0.15, -0.1) is 0 Å². The van der Waals surface area contributed by atoms with Gasteiger partial charge in [-0.25, -0.2) is 8.78 Å². The largest absolute Gasteiger partial charge is 0.353 e. The van der Waals surface area contributed by atoms with E-state index in [1.165, 1.54) is 6.07 Å². The number of thiocarbonyl (C=S) groups is 1. The van der Waals surface area contributed by atoms with E-state index in [2.05, 4.69) is 20.8 Å². The summed E-state index contributed by atoms with van der Waals surface area (Å²) in [6, 6.07) is 10.5. The number of rotatable bonds is 4. The molecule has 0 unspecified atom stereocenters. The number of hydrogen-bond donors (Lipinski definition) is 2. The maximum atomic E-state index is 13.2. The number of nitrogens with one attached hydrogen (secondary N) is 2. The molecule has 2 N–H and O–H groups in total. The summed E-state index contributed by atoms with van der Waals surface area (Å²) >= 11 is 11.2. The molecule has 128 valence electrons. The summed E-state index contributed by atoms with van der Waals surface area (Å²) in [6.45, 7) is 0.160. The van der Waals surface area contributed by atoms with Gasteiger partial charge in [0.05, 0.1) is 11.6 Å². The smallest absolute Gasteiger partial charge is 0.246 e. The monoisotopic (exact) mass is 380 g/mol. The Balaban J connectivity index is 1.59. The van der Waals surface area contributed by atoms with Crippen LogP contribution in [0.4, 0.5) is 14.5 Å². The predicted octanol–water partition coefficient (Wildman–Crippen LogP) is 4.15. The summed E-state index contributed by atoms with van der Waals surface area (Å²) in [6.07, 6.45) is 0. The standard InChI is InChI=1S/C16H11ClF2N4OS/c17-11-4-2-1-3-10(11)15-22-14(24-23-15)8-20-16(25)21-9-5-6-12(18)13(19)7-9/h1-7H,8H2,(H2,20,21,25). The molecule has 1 aromatic heterocycles. The summed E-state index contributed by atoms with van der Waals surface area (Å²) in [5.74, 6) is -1.23. The zero-order valence-corrected chi connectivity index (χ0v) is 14.2. The lowest BCUT2D eigenvalue weighted by atomic mass is 10.2. The van der Waals surface area contributed by atoms with Gasteiger partial charge in [-0.05, 0) is 36.5 Å². The Morgan fingerprint density at radius 2 is 1.96 bits per heavy atom. The Labute approximate surface area is 152 Å². The average molecular weight is 381 g/mol. The van der Waals surface area contributed by atoms with Crippen molar-refractivity contribution in [1.82, 2.24) is 15.5 Å². The van der Waals surface area contributed by atoms with Gasteiger partial charge in [-0.2, -0.15) is 4.98 Å². The van der Waals surface area contributed by atoms with Gasteiger partial charge in [0.1, 0.15) is 0 Å². The van der Waals surface area contributed by atoms with Crippen molar-refractivity contribution in [3.8, 4) is 11.4 Å². The molecule has 0 spiro atoms. The highest BCUT2D eigenvalue weighted by Crippen LogP contribution is 2.24. The van der Waals surface area contributed by atoms with Crippen LogP contribution in [-0.4, -0.2) is 15.3 Å². The second-order valence-electron chi connectivity index (χ2n) is 4.93. The van der Waals surface area contributed by atoms with Crippen molar-refractivity contribution in [1.29, 1.82) is 0 Å². The summed E-state index contributed by atoms with van der Waals surface area (Å²) < 4.78 is 31.2. The molecule has 9 heteroatoms. The second-order valence-corrected chi connectivity index (χ2v) is 5.74. The molecule has 0 aliphatic rings. The number of hydrogen-bond acceptors (Lipinski definition) is 4. The zero-order chi connectivity index (χ0) is 17.8. The molecular formula is C16H11ClF2N4OS. The lowest BCUT2D eigenvalue weighted by Crippen LogP contribution is -2.28. The van der Waals surface area contributed by atoms with Crippen LogP contribution in [0.25, 0.3) is 11.4 Å². The highest BCUT2D eigenvalue weighted by molar-refractivity contribution is 7.80. The van der Waals surface area contributed by atoms with Gasteiger partial charge in [-0.1, -0.05) is 28.9 Å². The van der Waals surface area contributed by atoms with Crippen molar-refractivity contribution < 1.29 is 13.3 Å². The van der Waals surface area contributed by atoms with Crippen LogP contribution in [0.2, 0.25) is 5.02 Å². The van der Waals surface area contributed by atoms with Crippen LogP contribution >= 0.6 is 23.8 Å². The number of aromatic nitrogens is 2. The van der Waals surface area contributed by atoms with E-state index in [4.69, 9.17) is 28.3 Å². The van der Waals surface area contributed by atoms with Crippen LogP contribution in [-0.2, 0) is 6.54 Å². The summed E-state index contributed by atoms with van der Waals surface area (Å²) in [7, 11) is 0. The fourth-order valence-corrected chi connectivity index (χ4v) is 2.39. The van der Waals surface area contributed by atoms with Gasteiger partial charge in [0.25, 0.3) is 0 Å². The minimum atomic E-state index is -0.964. The topological polar surface area (TPSA) is 63.0 Å². The van der Waals surface area contributed by atoms with Gasteiger partial charge in [-0.3, -0.25) is 0 Å². The summed E-state index contributed by atoms with van der Waals surface area (Å²) in [5.41, 5.74) is 0.973. The predicted molar refractivity (Wildman–Crippen MR) is 94.2 cm³/mol. The van der Waals surface area contributed by atoms with Crippen LogP contribution in [0, 0.1) is 11.6 Å². The SMILES string of the molecule is Fc1ccc(NC(=S)NCc2nc(-c3ccccc3Cl)no2)cc1F. The van der Waals surface area contributed by atoms with E-state index in [0.29, 0.717) is 28.0 Å². The number of halogens is 3. The lowest BCUT2D eigenvalue weighted by Gasteiger charge is -2.08. The van der Waals surface area contributed by atoms with E-state index < -0.39 is 11.6 Å². The Morgan fingerprint density at radius 1 is 1.16 bits per heavy atom. The highest BCUT2D eigenvalue weighted by atomic mass is 35.5. The molecule has 0 saturated carbocycles. The number of benzene rings is 2. The van der Waals surface area contributed by atoms with E-state index in [-0.39, 0.29) is 11.7 Å². The molecule has 0 saturated heterocycles. The van der Waals surface area contributed by atoms with Gasteiger partial charge in [0.2, 0.25) is 11.7 Å². The van der Waals surface area contributed by atoms with Crippen molar-refractivity contribution in [3.05, 3.63) is 65.0 Å².